The number of nitrogens with zero attached hydrogens (tertiary/aromatic N) is 5. The molecule has 1 fully saturated rings. The van der Waals surface area contributed by atoms with Crippen molar-refractivity contribution in [2.24, 2.45) is 5.11 Å². The Labute approximate surface area is 114 Å². The molecule has 0 amide bonds. The number of anilines is 1. The van der Waals surface area contributed by atoms with E-state index in [0.717, 1.165) is 0 Å². The van der Waals surface area contributed by atoms with E-state index >= 15 is 0 Å². The van der Waals surface area contributed by atoms with Gasteiger partial charge in [-0.15, -0.1) is 12.4 Å². The molecule has 1 aliphatic rings. The molecule has 3 atom stereocenters. The van der Waals surface area contributed by atoms with Crippen LogP contribution in [-0.2, 0) is 4.74 Å². The topological polar surface area (TPSA) is 139 Å². The van der Waals surface area contributed by atoms with E-state index in [2.05, 4.69) is 15.0 Å². The summed E-state index contributed by atoms with van der Waals surface area (Å²) in [6.07, 6.45) is 0.539. The predicted octanol–water partition coefficient (Wildman–Crippen LogP) is 0.206. The zero-order valence-corrected chi connectivity index (χ0v) is 10.6. The fraction of sp³-hybridized carbons (Fsp3) is 0.556. The lowest BCUT2D eigenvalue weighted by Crippen LogP contribution is -2.27. The Kier molecular flexibility index (Phi) is 5.13. The van der Waals surface area contributed by atoms with Crippen molar-refractivity contribution >= 4 is 18.2 Å². The molecule has 0 radical (unpaired) electrons. The standard InChI is InChI=1S/C9H12N6O3.ClH/c10-7-1-2-15(9(17)12-7)8-3-5(13-14-11)6(4-16)18-8;/h1-2,5-6,8,16H,3-4H2,(H2,10,12,17);1H/t5-,6+,8+;/m0./s1. The molecular weight excluding hydrogens is 276 g/mol. The van der Waals surface area contributed by atoms with E-state index in [-0.39, 0.29) is 24.8 Å². The number of ether oxygens (including phenoxy) is 1. The summed E-state index contributed by atoms with van der Waals surface area (Å²) in [5.41, 5.74) is 13.3. The quantitative estimate of drug-likeness (QED) is 0.465. The monoisotopic (exact) mass is 288 g/mol. The number of aliphatic hydroxyl groups excluding tert-OH is 1. The van der Waals surface area contributed by atoms with Crippen LogP contribution in [-0.4, -0.2) is 33.4 Å². The lowest BCUT2D eigenvalue weighted by molar-refractivity contribution is -0.0269. The molecule has 104 valence electrons. The first-order chi connectivity index (χ1) is 8.65. The highest BCUT2D eigenvalue weighted by molar-refractivity contribution is 5.85. The fourth-order valence-corrected chi connectivity index (χ4v) is 1.88. The van der Waals surface area contributed by atoms with E-state index in [1.54, 1.807) is 0 Å². The van der Waals surface area contributed by atoms with Gasteiger partial charge < -0.3 is 15.6 Å². The van der Waals surface area contributed by atoms with Gasteiger partial charge in [0.05, 0.1) is 18.8 Å². The molecule has 0 saturated carbocycles. The van der Waals surface area contributed by atoms with Crippen molar-refractivity contribution in [3.8, 4) is 0 Å². The van der Waals surface area contributed by atoms with Gasteiger partial charge in [-0.1, -0.05) is 5.11 Å². The van der Waals surface area contributed by atoms with Crippen molar-refractivity contribution in [3.63, 3.8) is 0 Å². The normalized spacial score (nSPS) is 25.4. The van der Waals surface area contributed by atoms with Crippen LogP contribution in [0.15, 0.2) is 22.2 Å². The highest BCUT2D eigenvalue weighted by Crippen LogP contribution is 2.29. The van der Waals surface area contributed by atoms with E-state index in [4.69, 9.17) is 21.1 Å². The summed E-state index contributed by atoms with van der Waals surface area (Å²) in [6.45, 7) is -0.280. The molecule has 2 heterocycles. The van der Waals surface area contributed by atoms with Crippen molar-refractivity contribution in [3.05, 3.63) is 33.2 Å². The molecular formula is C9H13ClN6O3. The molecule has 1 aromatic heterocycles. The molecule has 0 aromatic carbocycles. The molecule has 19 heavy (non-hydrogen) atoms. The Balaban J connectivity index is 0.00000180. The Morgan fingerprint density at radius 3 is 3.05 bits per heavy atom. The molecule has 1 aromatic rings. The number of aliphatic hydroxyl groups is 1. The van der Waals surface area contributed by atoms with Crippen LogP contribution in [0.25, 0.3) is 10.4 Å². The summed E-state index contributed by atoms with van der Waals surface area (Å²) in [5, 5.41) is 12.6. The molecule has 0 spiro atoms. The van der Waals surface area contributed by atoms with Crippen LogP contribution in [0, 0.1) is 0 Å². The third-order valence-electron chi connectivity index (χ3n) is 2.75. The highest BCUT2D eigenvalue weighted by Gasteiger charge is 2.35. The second-order valence-electron chi connectivity index (χ2n) is 3.86. The largest absolute Gasteiger partial charge is 0.394 e. The van der Waals surface area contributed by atoms with Gasteiger partial charge in [0, 0.05) is 17.5 Å². The number of hydrogen-bond acceptors (Lipinski definition) is 6. The molecule has 0 unspecified atom stereocenters. The first-order valence-corrected chi connectivity index (χ1v) is 5.31. The zero-order chi connectivity index (χ0) is 13.1. The minimum absolute atomic E-state index is 0. The summed E-state index contributed by atoms with van der Waals surface area (Å²) in [6, 6.07) is 0.967. The lowest BCUT2D eigenvalue weighted by Gasteiger charge is -2.14. The summed E-state index contributed by atoms with van der Waals surface area (Å²) in [5.74, 6) is 0.125. The number of nitrogen functional groups attached to an aromatic ring is 1. The average molecular weight is 289 g/mol. The highest BCUT2D eigenvalue weighted by atomic mass is 35.5. The van der Waals surface area contributed by atoms with E-state index in [1.807, 2.05) is 0 Å². The van der Waals surface area contributed by atoms with Crippen LogP contribution in [0.3, 0.4) is 0 Å². The molecule has 0 aliphatic carbocycles. The van der Waals surface area contributed by atoms with Crippen molar-refractivity contribution in [1.29, 1.82) is 0 Å². The number of rotatable bonds is 3. The van der Waals surface area contributed by atoms with Crippen LogP contribution in [0.5, 0.6) is 0 Å². The van der Waals surface area contributed by atoms with Gasteiger partial charge in [0.1, 0.15) is 12.0 Å². The minimum Gasteiger partial charge on any atom is -0.394 e. The second kappa shape index (κ2) is 6.39. The fourth-order valence-electron chi connectivity index (χ4n) is 1.88. The van der Waals surface area contributed by atoms with Crippen molar-refractivity contribution in [2.75, 3.05) is 12.3 Å². The molecule has 1 saturated heterocycles. The molecule has 3 N–H and O–H groups in total. The first-order valence-electron chi connectivity index (χ1n) is 5.31. The van der Waals surface area contributed by atoms with Gasteiger partial charge in [-0.25, -0.2) is 4.79 Å². The molecule has 10 heteroatoms. The van der Waals surface area contributed by atoms with Crippen LogP contribution in [0.1, 0.15) is 12.6 Å². The van der Waals surface area contributed by atoms with Gasteiger partial charge in [-0.3, -0.25) is 4.57 Å². The Morgan fingerprint density at radius 1 is 1.74 bits per heavy atom. The smallest absolute Gasteiger partial charge is 0.351 e. The van der Waals surface area contributed by atoms with Crippen molar-refractivity contribution in [2.45, 2.75) is 24.8 Å². The molecule has 1 aliphatic heterocycles. The zero-order valence-electron chi connectivity index (χ0n) is 9.79. The van der Waals surface area contributed by atoms with E-state index in [9.17, 15) is 4.79 Å². The molecule has 2 rings (SSSR count). The van der Waals surface area contributed by atoms with Gasteiger partial charge in [0.25, 0.3) is 0 Å². The first kappa shape index (κ1) is 15.3. The van der Waals surface area contributed by atoms with Gasteiger partial charge in [0.2, 0.25) is 0 Å². The van der Waals surface area contributed by atoms with Crippen molar-refractivity contribution < 1.29 is 9.84 Å². The predicted molar refractivity (Wildman–Crippen MR) is 68.7 cm³/mol. The number of nitrogens with two attached hydrogens (primary N) is 1. The maximum Gasteiger partial charge on any atom is 0.351 e. The van der Waals surface area contributed by atoms with E-state index in [0.29, 0.717) is 6.42 Å². The van der Waals surface area contributed by atoms with Gasteiger partial charge in [-0.05, 0) is 11.6 Å². The van der Waals surface area contributed by atoms with E-state index < -0.39 is 24.1 Å². The van der Waals surface area contributed by atoms with Gasteiger partial charge in [-0.2, -0.15) is 4.98 Å². The number of azide groups is 1. The average Bonchev–Trinajstić information content (AvgIpc) is 2.72. The summed E-state index contributed by atoms with van der Waals surface area (Å²) >= 11 is 0. The summed E-state index contributed by atoms with van der Waals surface area (Å²) < 4.78 is 6.71. The number of aromatic nitrogens is 2. The van der Waals surface area contributed by atoms with E-state index in [1.165, 1.54) is 16.8 Å². The molecule has 0 bridgehead atoms. The SMILES string of the molecule is Cl.[N-]=[N+]=N[C@H]1C[C@H](n2ccc(N)nc2=O)O[C@@H]1CO. The minimum atomic E-state index is -0.615. The van der Waals surface area contributed by atoms with Crippen LogP contribution >= 0.6 is 12.4 Å². The Hall–Kier alpha value is -1.80. The summed E-state index contributed by atoms with van der Waals surface area (Å²) in [4.78, 5) is 17.9. The lowest BCUT2D eigenvalue weighted by atomic mass is 10.1. The Bertz CT molecular complexity index is 543. The van der Waals surface area contributed by atoms with Gasteiger partial charge >= 0.3 is 5.69 Å². The second-order valence-corrected chi connectivity index (χ2v) is 3.86. The third-order valence-corrected chi connectivity index (χ3v) is 2.75. The summed E-state index contributed by atoms with van der Waals surface area (Å²) in [7, 11) is 0. The van der Waals surface area contributed by atoms with Crippen LogP contribution < -0.4 is 11.4 Å². The van der Waals surface area contributed by atoms with Gasteiger partial charge in [0.15, 0.2) is 0 Å². The third kappa shape index (κ3) is 3.15. The Morgan fingerprint density at radius 2 is 2.47 bits per heavy atom. The molecule has 9 nitrogen and oxygen atoms in total. The van der Waals surface area contributed by atoms with Crippen LogP contribution in [0.2, 0.25) is 0 Å². The van der Waals surface area contributed by atoms with Crippen molar-refractivity contribution in [1.82, 2.24) is 9.55 Å². The number of halogens is 1. The van der Waals surface area contributed by atoms with Crippen LogP contribution in [0.4, 0.5) is 5.82 Å². The number of hydrogen-bond donors (Lipinski definition) is 2. The maximum atomic E-state index is 11.6. The maximum absolute atomic E-state index is 11.6.